The van der Waals surface area contributed by atoms with Gasteiger partial charge in [0.1, 0.15) is 0 Å². The minimum absolute atomic E-state index is 0.127. The van der Waals surface area contributed by atoms with E-state index in [1.54, 1.807) is 6.07 Å². The molecule has 1 amide bonds. The summed E-state index contributed by atoms with van der Waals surface area (Å²) in [5.74, 6) is 0.127. The van der Waals surface area contributed by atoms with Crippen LogP contribution in [0.4, 0.5) is 5.69 Å². The van der Waals surface area contributed by atoms with E-state index < -0.39 is 5.41 Å². The summed E-state index contributed by atoms with van der Waals surface area (Å²) in [5, 5.41) is 1.93. The summed E-state index contributed by atoms with van der Waals surface area (Å²) < 4.78 is 0. The van der Waals surface area contributed by atoms with E-state index in [0.717, 1.165) is 24.3 Å². The molecule has 4 rings (SSSR count). The third kappa shape index (κ3) is 6.66. The summed E-state index contributed by atoms with van der Waals surface area (Å²) in [7, 11) is 0. The molecule has 0 radical (unpaired) electrons. The van der Waals surface area contributed by atoms with Crippen molar-refractivity contribution < 1.29 is 4.79 Å². The van der Waals surface area contributed by atoms with E-state index in [9.17, 15) is 4.79 Å². The molecule has 0 spiro atoms. The maximum atomic E-state index is 13.1. The zero-order chi connectivity index (χ0) is 24.0. The van der Waals surface area contributed by atoms with Crippen molar-refractivity contribution in [3.63, 3.8) is 0 Å². The van der Waals surface area contributed by atoms with Crippen LogP contribution in [-0.2, 0) is 10.2 Å². The molecule has 0 atom stereocenters. The number of piperazine rings is 1. The highest BCUT2D eigenvalue weighted by atomic mass is 35.5. The van der Waals surface area contributed by atoms with Gasteiger partial charge in [0.25, 0.3) is 0 Å². The first kappa shape index (κ1) is 25.4. The van der Waals surface area contributed by atoms with Gasteiger partial charge in [0.05, 0.1) is 16.1 Å². The number of carbonyl (C=O) groups excluding carboxylic acids is 1. The average Bonchev–Trinajstić information content (AvgIpc) is 2.80. The molecule has 1 heterocycles. The molecule has 0 aliphatic carbocycles. The fourth-order valence-electron chi connectivity index (χ4n) is 3.81. The number of benzene rings is 3. The fourth-order valence-corrected chi connectivity index (χ4v) is 4.46. The number of aryl methyl sites for hydroxylation is 1. The van der Waals surface area contributed by atoms with Crippen molar-refractivity contribution in [1.29, 1.82) is 0 Å². The van der Waals surface area contributed by atoms with Gasteiger partial charge in [-0.25, -0.2) is 0 Å². The van der Waals surface area contributed by atoms with Crippen LogP contribution in [0.5, 0.6) is 0 Å². The van der Waals surface area contributed by atoms with Gasteiger partial charge in [0.15, 0.2) is 0 Å². The molecule has 1 fully saturated rings. The van der Waals surface area contributed by atoms with E-state index in [4.69, 9.17) is 34.8 Å². The van der Waals surface area contributed by atoms with Crippen LogP contribution in [0.3, 0.4) is 0 Å². The van der Waals surface area contributed by atoms with E-state index >= 15 is 0 Å². The van der Waals surface area contributed by atoms with Crippen molar-refractivity contribution in [2.45, 2.75) is 26.2 Å². The van der Waals surface area contributed by atoms with Gasteiger partial charge in [-0.15, -0.1) is 0 Å². The van der Waals surface area contributed by atoms with Gasteiger partial charge in [-0.2, -0.15) is 0 Å². The highest BCUT2D eigenvalue weighted by molar-refractivity contribution is 6.36. The summed E-state index contributed by atoms with van der Waals surface area (Å²) in [6.07, 6.45) is 0. The summed E-state index contributed by atoms with van der Waals surface area (Å²) >= 11 is 18.3. The van der Waals surface area contributed by atoms with Crippen LogP contribution >= 0.6 is 34.8 Å². The fraction of sp³-hybridized carbons (Fsp3) is 0.296. The monoisotopic (exact) mass is 502 g/mol. The lowest BCUT2D eigenvalue weighted by Crippen LogP contribution is -2.53. The van der Waals surface area contributed by atoms with Gasteiger partial charge >= 0.3 is 0 Å². The number of hydrogen-bond donors (Lipinski definition) is 0. The lowest BCUT2D eigenvalue weighted by Gasteiger charge is -2.40. The first-order valence-corrected chi connectivity index (χ1v) is 12.1. The maximum absolute atomic E-state index is 13.1. The number of amides is 1. The predicted molar refractivity (Wildman–Crippen MR) is 141 cm³/mol. The van der Waals surface area contributed by atoms with Crippen LogP contribution < -0.4 is 4.90 Å². The Morgan fingerprint density at radius 1 is 0.788 bits per heavy atom. The first-order valence-electron chi connectivity index (χ1n) is 11.0. The lowest BCUT2D eigenvalue weighted by molar-refractivity contribution is -0.136. The Balaban J connectivity index is 0.000000374. The van der Waals surface area contributed by atoms with E-state index in [0.29, 0.717) is 28.2 Å². The molecule has 3 aromatic rings. The molecule has 6 heteroatoms. The van der Waals surface area contributed by atoms with Crippen molar-refractivity contribution >= 4 is 46.4 Å². The molecule has 174 valence electrons. The quantitative estimate of drug-likeness (QED) is 0.375. The van der Waals surface area contributed by atoms with E-state index in [1.165, 1.54) is 5.56 Å². The SMILES string of the molecule is CC(C)(C(=O)N1CCN(c2ccc(Cl)cc2Cl)CC1)c1ccc(Cl)cc1.Cc1ccccc1. The van der Waals surface area contributed by atoms with Crippen molar-refractivity contribution in [2.75, 3.05) is 31.1 Å². The standard InChI is InChI=1S/C20H21Cl3N2O.C7H8/c1-20(2,14-3-5-15(21)6-4-14)19(26)25-11-9-24(10-12-25)18-8-7-16(22)13-17(18)23;1-7-5-3-2-4-6-7/h3-8,13H,9-12H2,1-2H3;2-6H,1H3. The van der Waals surface area contributed by atoms with Crippen molar-refractivity contribution in [1.82, 2.24) is 4.90 Å². The number of anilines is 1. The summed E-state index contributed by atoms with van der Waals surface area (Å²) in [6.45, 7) is 8.80. The second-order valence-corrected chi connectivity index (χ2v) is 9.94. The van der Waals surface area contributed by atoms with Crippen LogP contribution in [0.15, 0.2) is 72.8 Å². The average molecular weight is 504 g/mol. The second-order valence-electron chi connectivity index (χ2n) is 8.66. The smallest absolute Gasteiger partial charge is 0.232 e. The van der Waals surface area contributed by atoms with Crippen molar-refractivity contribution in [3.05, 3.63) is 99.0 Å². The molecule has 0 unspecified atom stereocenters. The molecule has 0 N–H and O–H groups in total. The third-order valence-electron chi connectivity index (χ3n) is 5.86. The van der Waals surface area contributed by atoms with E-state index in [-0.39, 0.29) is 5.91 Å². The largest absolute Gasteiger partial charge is 0.367 e. The molecule has 1 saturated heterocycles. The van der Waals surface area contributed by atoms with E-state index in [1.807, 2.05) is 73.3 Å². The van der Waals surface area contributed by atoms with E-state index in [2.05, 4.69) is 24.0 Å². The third-order valence-corrected chi connectivity index (χ3v) is 6.65. The van der Waals surface area contributed by atoms with Crippen molar-refractivity contribution in [2.24, 2.45) is 0 Å². The van der Waals surface area contributed by atoms with Crippen LogP contribution in [0.1, 0.15) is 25.0 Å². The van der Waals surface area contributed by atoms with Crippen molar-refractivity contribution in [3.8, 4) is 0 Å². The van der Waals surface area contributed by atoms with Gasteiger partial charge in [0, 0.05) is 36.2 Å². The normalized spacial score (nSPS) is 13.9. The molecular formula is C27H29Cl3N2O. The van der Waals surface area contributed by atoms with Gasteiger partial charge in [-0.05, 0) is 56.7 Å². The molecule has 1 aliphatic rings. The second kappa shape index (κ2) is 11.3. The maximum Gasteiger partial charge on any atom is 0.232 e. The summed E-state index contributed by atoms with van der Waals surface area (Å²) in [4.78, 5) is 17.2. The Kier molecular flexibility index (Phi) is 8.69. The first-order chi connectivity index (χ1) is 15.7. The molecule has 3 nitrogen and oxygen atoms in total. The van der Waals surface area contributed by atoms with Crippen LogP contribution in [0.2, 0.25) is 15.1 Å². The molecular weight excluding hydrogens is 475 g/mol. The molecule has 3 aromatic carbocycles. The Labute approximate surface area is 211 Å². The van der Waals surface area contributed by atoms with Crippen LogP contribution in [0, 0.1) is 6.92 Å². The molecule has 1 aliphatic heterocycles. The van der Waals surface area contributed by atoms with Gasteiger partial charge in [-0.3, -0.25) is 4.79 Å². The lowest BCUT2D eigenvalue weighted by atomic mass is 9.83. The number of halogens is 3. The predicted octanol–water partition coefficient (Wildman–Crippen LogP) is 7.27. The minimum Gasteiger partial charge on any atom is -0.367 e. The number of carbonyl (C=O) groups is 1. The Bertz CT molecular complexity index is 1060. The van der Waals surface area contributed by atoms with Crippen LogP contribution in [-0.4, -0.2) is 37.0 Å². The molecule has 0 bridgehead atoms. The summed E-state index contributed by atoms with van der Waals surface area (Å²) in [5.41, 5.74) is 2.66. The summed E-state index contributed by atoms with van der Waals surface area (Å²) in [6, 6.07) is 23.3. The Hall–Kier alpha value is -2.20. The van der Waals surface area contributed by atoms with Gasteiger partial charge < -0.3 is 9.80 Å². The Morgan fingerprint density at radius 3 is 1.88 bits per heavy atom. The Morgan fingerprint density at radius 2 is 1.36 bits per heavy atom. The molecule has 0 saturated carbocycles. The topological polar surface area (TPSA) is 23.6 Å². The van der Waals surface area contributed by atoms with Crippen LogP contribution in [0.25, 0.3) is 0 Å². The zero-order valence-corrected chi connectivity index (χ0v) is 21.5. The molecule has 33 heavy (non-hydrogen) atoms. The zero-order valence-electron chi connectivity index (χ0n) is 19.2. The van der Waals surface area contributed by atoms with Gasteiger partial charge in [-0.1, -0.05) is 82.8 Å². The highest BCUT2D eigenvalue weighted by Crippen LogP contribution is 2.31. The van der Waals surface area contributed by atoms with Gasteiger partial charge in [0.2, 0.25) is 5.91 Å². The number of rotatable bonds is 3. The highest BCUT2D eigenvalue weighted by Gasteiger charge is 2.35. The molecule has 0 aromatic heterocycles. The number of nitrogens with zero attached hydrogens (tertiary/aromatic N) is 2. The minimum atomic E-state index is -0.593. The number of hydrogen-bond acceptors (Lipinski definition) is 2.